The van der Waals surface area contributed by atoms with Gasteiger partial charge in [-0.2, -0.15) is 9.97 Å². The van der Waals surface area contributed by atoms with E-state index in [-0.39, 0.29) is 47.7 Å². The van der Waals surface area contributed by atoms with Crippen LogP contribution in [-0.2, 0) is 9.59 Å². The van der Waals surface area contributed by atoms with Gasteiger partial charge < -0.3 is 24.8 Å². The number of aromatic nitrogens is 2. The highest BCUT2D eigenvalue weighted by Crippen LogP contribution is 2.60. The molecule has 6 rings (SSSR count). The number of hydrogen-bond acceptors (Lipinski definition) is 8. The van der Waals surface area contributed by atoms with Crippen molar-refractivity contribution in [3.8, 4) is 17.5 Å². The van der Waals surface area contributed by atoms with Crippen molar-refractivity contribution >= 4 is 29.2 Å². The second-order valence-electron chi connectivity index (χ2n) is 8.70. The second-order valence-corrected chi connectivity index (χ2v) is 9.13. The highest BCUT2D eigenvalue weighted by atomic mass is 35.5. The number of rotatable bonds is 7. The standard InChI is InChI=1S/C22H21ClN4O6/c1-31-20-24-6-13(7-25-20)32-8-18(29)26-21-9-22(10-21,11-21)27-19(30)17-5-15(28)14-4-12(23)2-3-16(14)33-17/h2-4,6-7,17H,5,8-11H2,1H3,(H,26,29)(H,27,30)/t17-,21?,22?/m1/s1. The average molecular weight is 473 g/mol. The topological polar surface area (TPSA) is 129 Å². The lowest BCUT2D eigenvalue weighted by atomic mass is 9.44. The molecule has 10 nitrogen and oxygen atoms in total. The summed E-state index contributed by atoms with van der Waals surface area (Å²) in [6, 6.07) is 4.98. The highest BCUT2D eigenvalue weighted by molar-refractivity contribution is 6.31. The molecule has 3 fully saturated rings. The molecule has 0 spiro atoms. The molecule has 0 unspecified atom stereocenters. The second kappa shape index (κ2) is 7.87. The molecule has 0 saturated heterocycles. The van der Waals surface area contributed by atoms with Crippen molar-refractivity contribution < 1.29 is 28.6 Å². The Labute approximate surface area is 194 Å². The summed E-state index contributed by atoms with van der Waals surface area (Å²) in [5, 5.41) is 6.42. The molecule has 3 saturated carbocycles. The molecule has 33 heavy (non-hydrogen) atoms. The van der Waals surface area contributed by atoms with Gasteiger partial charge in [-0.15, -0.1) is 0 Å². The molecular weight excluding hydrogens is 452 g/mol. The Morgan fingerprint density at radius 2 is 1.88 bits per heavy atom. The number of hydrogen-bond donors (Lipinski definition) is 2. The summed E-state index contributed by atoms with van der Waals surface area (Å²) in [6.45, 7) is -0.168. The molecule has 2 heterocycles. The Balaban J connectivity index is 1.09. The zero-order valence-corrected chi connectivity index (χ0v) is 18.5. The van der Waals surface area contributed by atoms with Gasteiger partial charge in [-0.05, 0) is 37.5 Å². The van der Waals surface area contributed by atoms with E-state index in [9.17, 15) is 14.4 Å². The Morgan fingerprint density at radius 1 is 1.18 bits per heavy atom. The first-order valence-electron chi connectivity index (χ1n) is 10.4. The van der Waals surface area contributed by atoms with E-state index < -0.39 is 6.10 Å². The number of nitrogens with zero attached hydrogens (tertiary/aromatic N) is 2. The number of carbonyl (C=O) groups excluding carboxylic acids is 3. The van der Waals surface area contributed by atoms with Crippen LogP contribution < -0.4 is 24.8 Å². The van der Waals surface area contributed by atoms with Crippen molar-refractivity contribution in [1.29, 1.82) is 0 Å². The summed E-state index contributed by atoms with van der Waals surface area (Å²) in [4.78, 5) is 45.2. The predicted molar refractivity (Wildman–Crippen MR) is 114 cm³/mol. The fraction of sp³-hybridized carbons (Fsp3) is 0.409. The maximum absolute atomic E-state index is 12.7. The lowest BCUT2D eigenvalue weighted by Gasteiger charge is -2.70. The number of fused-ring (bicyclic) bond motifs is 1. The van der Waals surface area contributed by atoms with Crippen molar-refractivity contribution in [2.45, 2.75) is 42.9 Å². The van der Waals surface area contributed by atoms with Crippen molar-refractivity contribution in [1.82, 2.24) is 20.6 Å². The van der Waals surface area contributed by atoms with Crippen molar-refractivity contribution in [2.75, 3.05) is 13.7 Å². The number of benzene rings is 1. The number of Topliss-reactive ketones (excluding diaryl/α,β-unsaturated/α-hetero) is 1. The summed E-state index contributed by atoms with van der Waals surface area (Å²) in [5.41, 5.74) is -0.319. The first-order valence-corrected chi connectivity index (χ1v) is 10.8. The average Bonchev–Trinajstić information content (AvgIpc) is 2.76. The maximum Gasteiger partial charge on any atom is 0.316 e. The molecule has 172 valence electrons. The van der Waals surface area contributed by atoms with Crippen LogP contribution in [0.1, 0.15) is 36.0 Å². The van der Waals surface area contributed by atoms with E-state index in [4.69, 9.17) is 25.8 Å². The van der Waals surface area contributed by atoms with Crippen molar-refractivity contribution in [3.05, 3.63) is 41.2 Å². The normalized spacial score (nSPS) is 26.6. The molecule has 2 aromatic rings. The Kier molecular flexibility index (Phi) is 5.12. The minimum atomic E-state index is -0.883. The van der Waals surface area contributed by atoms with E-state index in [0.29, 0.717) is 41.3 Å². The van der Waals surface area contributed by atoms with Crippen molar-refractivity contribution in [2.24, 2.45) is 0 Å². The smallest absolute Gasteiger partial charge is 0.316 e. The van der Waals surface area contributed by atoms with E-state index in [2.05, 4.69) is 20.6 Å². The van der Waals surface area contributed by atoms with Crippen LogP contribution in [0.5, 0.6) is 17.5 Å². The molecule has 1 aromatic carbocycles. The van der Waals surface area contributed by atoms with Gasteiger partial charge in [-0.1, -0.05) is 11.6 Å². The molecule has 2 amide bonds. The van der Waals surface area contributed by atoms with Gasteiger partial charge in [-0.3, -0.25) is 14.4 Å². The van der Waals surface area contributed by atoms with Crippen LogP contribution in [0.2, 0.25) is 5.02 Å². The van der Waals surface area contributed by atoms with E-state index in [0.717, 1.165) is 0 Å². The molecule has 1 atom stereocenters. The molecule has 1 aliphatic heterocycles. The minimum Gasteiger partial charge on any atom is -0.481 e. The number of amides is 2. The van der Waals surface area contributed by atoms with Crippen LogP contribution in [0, 0.1) is 0 Å². The lowest BCUT2D eigenvalue weighted by Crippen LogP contribution is -2.84. The molecular formula is C22H21ClN4O6. The lowest BCUT2D eigenvalue weighted by molar-refractivity contribution is -0.154. The minimum absolute atomic E-state index is 0.0381. The predicted octanol–water partition coefficient (Wildman–Crippen LogP) is 1.46. The summed E-state index contributed by atoms with van der Waals surface area (Å²) in [5.74, 6) is -0.0478. The number of methoxy groups -OCH3 is 1. The third-order valence-corrected chi connectivity index (χ3v) is 6.39. The number of nitrogens with one attached hydrogen (secondary N) is 2. The summed E-state index contributed by atoms with van der Waals surface area (Å²) in [7, 11) is 1.46. The van der Waals surface area contributed by atoms with Crippen molar-refractivity contribution in [3.63, 3.8) is 0 Å². The largest absolute Gasteiger partial charge is 0.481 e. The fourth-order valence-corrected chi connectivity index (χ4v) is 4.97. The third-order valence-electron chi connectivity index (χ3n) is 6.15. The highest BCUT2D eigenvalue weighted by Gasteiger charge is 2.69. The molecule has 4 aliphatic rings. The number of ether oxygens (including phenoxy) is 3. The molecule has 2 N–H and O–H groups in total. The Hall–Kier alpha value is -3.40. The van der Waals surface area contributed by atoms with Crippen LogP contribution in [0.4, 0.5) is 0 Å². The molecule has 2 bridgehead atoms. The third kappa shape index (κ3) is 4.06. The van der Waals surface area contributed by atoms with E-state index >= 15 is 0 Å². The number of carbonyl (C=O) groups is 3. The molecule has 1 aromatic heterocycles. The van der Waals surface area contributed by atoms with Gasteiger partial charge in [0.25, 0.3) is 11.8 Å². The summed E-state index contributed by atoms with van der Waals surface area (Å²) in [6.07, 6.45) is 3.79. The van der Waals surface area contributed by atoms with Crippen LogP contribution in [-0.4, -0.2) is 58.5 Å². The Morgan fingerprint density at radius 3 is 2.58 bits per heavy atom. The van der Waals surface area contributed by atoms with Gasteiger partial charge in [-0.25, -0.2) is 0 Å². The number of halogens is 1. The van der Waals surface area contributed by atoms with Gasteiger partial charge >= 0.3 is 6.01 Å². The van der Waals surface area contributed by atoms with Crippen LogP contribution >= 0.6 is 11.6 Å². The van der Waals surface area contributed by atoms with E-state index in [1.54, 1.807) is 18.2 Å². The van der Waals surface area contributed by atoms with Crippen LogP contribution in [0.15, 0.2) is 30.6 Å². The van der Waals surface area contributed by atoms with Gasteiger partial charge in [0.15, 0.2) is 24.2 Å². The van der Waals surface area contributed by atoms with E-state index in [1.165, 1.54) is 19.5 Å². The first-order chi connectivity index (χ1) is 15.8. The fourth-order valence-electron chi connectivity index (χ4n) is 4.80. The summed E-state index contributed by atoms with van der Waals surface area (Å²) < 4.78 is 16.0. The monoisotopic (exact) mass is 472 g/mol. The SMILES string of the molecule is COc1ncc(OCC(=O)NC23CC(NC(=O)[C@H]4CC(=O)c5cc(Cl)ccc5O4)(C2)C3)cn1. The van der Waals surface area contributed by atoms with Gasteiger partial charge in [0.1, 0.15) is 5.75 Å². The van der Waals surface area contributed by atoms with Gasteiger partial charge in [0.05, 0.1) is 31.5 Å². The molecule has 3 aliphatic carbocycles. The maximum atomic E-state index is 12.7. The Bertz CT molecular complexity index is 1120. The first kappa shape index (κ1) is 21.4. The summed E-state index contributed by atoms with van der Waals surface area (Å²) >= 11 is 5.94. The quantitative estimate of drug-likeness (QED) is 0.619. The molecule has 0 radical (unpaired) electrons. The van der Waals surface area contributed by atoms with Gasteiger partial charge in [0.2, 0.25) is 0 Å². The van der Waals surface area contributed by atoms with E-state index in [1.807, 2.05) is 0 Å². The zero-order chi connectivity index (χ0) is 23.2. The zero-order valence-electron chi connectivity index (χ0n) is 17.7. The molecule has 11 heteroatoms. The van der Waals surface area contributed by atoms with Crippen LogP contribution in [0.25, 0.3) is 0 Å². The number of ketones is 1. The van der Waals surface area contributed by atoms with Gasteiger partial charge in [0, 0.05) is 16.1 Å². The van der Waals surface area contributed by atoms with Crippen LogP contribution in [0.3, 0.4) is 0 Å².